The topological polar surface area (TPSA) is 95.4 Å². The van der Waals surface area contributed by atoms with Crippen molar-refractivity contribution in [2.45, 2.75) is 18.9 Å². The molecular formula is C13H13ClN4O3. The fraction of sp³-hybridized carbons (Fsp3) is 0.385. The lowest BCUT2D eigenvalue weighted by molar-refractivity contribution is -0.145. The molecule has 0 spiro atoms. The van der Waals surface area contributed by atoms with Crippen LogP contribution in [0.25, 0.3) is 10.4 Å². The van der Waals surface area contributed by atoms with E-state index in [4.69, 9.17) is 21.9 Å². The van der Waals surface area contributed by atoms with Crippen molar-refractivity contribution in [1.82, 2.24) is 4.90 Å². The molecule has 8 heteroatoms. The molecule has 1 aliphatic rings. The molecule has 0 unspecified atom stereocenters. The monoisotopic (exact) mass is 308 g/mol. The Hall–Kier alpha value is -2.24. The molecular weight excluding hydrogens is 296 g/mol. The predicted molar refractivity (Wildman–Crippen MR) is 76.3 cm³/mol. The van der Waals surface area contributed by atoms with E-state index in [0.717, 1.165) is 0 Å². The van der Waals surface area contributed by atoms with Gasteiger partial charge in [0, 0.05) is 16.5 Å². The molecule has 0 radical (unpaired) electrons. The van der Waals surface area contributed by atoms with Crippen LogP contribution in [0.2, 0.25) is 5.02 Å². The minimum absolute atomic E-state index is 0.177. The Morgan fingerprint density at radius 1 is 1.52 bits per heavy atom. The number of amides is 1. The Bertz CT molecular complexity index is 628. The summed E-state index contributed by atoms with van der Waals surface area (Å²) in [6, 6.07) is 3.82. The molecule has 1 amide bonds. The number of ether oxygens (including phenoxy) is 1. The van der Waals surface area contributed by atoms with Gasteiger partial charge in [-0.05, 0) is 30.5 Å². The van der Waals surface area contributed by atoms with E-state index < -0.39 is 17.9 Å². The molecule has 0 N–H and O–H groups in total. The number of rotatable bonds is 3. The number of benzene rings is 1. The summed E-state index contributed by atoms with van der Waals surface area (Å²) >= 11 is 5.90. The van der Waals surface area contributed by atoms with Crippen molar-refractivity contribution in [1.29, 1.82) is 0 Å². The van der Waals surface area contributed by atoms with Gasteiger partial charge in [-0.2, -0.15) is 0 Å². The predicted octanol–water partition coefficient (Wildman–Crippen LogP) is 3.06. The van der Waals surface area contributed by atoms with E-state index >= 15 is 0 Å². The van der Waals surface area contributed by atoms with Crippen LogP contribution in [-0.2, 0) is 9.53 Å². The van der Waals surface area contributed by atoms with Crippen molar-refractivity contribution in [2.24, 2.45) is 5.11 Å². The van der Waals surface area contributed by atoms with Gasteiger partial charge in [0.05, 0.1) is 18.4 Å². The zero-order valence-electron chi connectivity index (χ0n) is 11.3. The smallest absolute Gasteiger partial charge is 0.328 e. The maximum atomic E-state index is 12.6. The average Bonchev–Trinajstić information content (AvgIpc) is 2.97. The Morgan fingerprint density at radius 2 is 2.29 bits per heavy atom. The molecule has 0 aliphatic carbocycles. The molecule has 1 saturated heterocycles. The fourth-order valence-corrected chi connectivity index (χ4v) is 2.53. The molecule has 1 atom stereocenters. The molecule has 1 aromatic carbocycles. The molecule has 2 rings (SSSR count). The van der Waals surface area contributed by atoms with Gasteiger partial charge < -0.3 is 9.64 Å². The van der Waals surface area contributed by atoms with Crippen molar-refractivity contribution < 1.29 is 14.3 Å². The first-order valence-electron chi connectivity index (χ1n) is 6.32. The number of carbonyl (C=O) groups is 2. The van der Waals surface area contributed by atoms with E-state index in [0.29, 0.717) is 24.4 Å². The van der Waals surface area contributed by atoms with Gasteiger partial charge in [0.25, 0.3) is 5.91 Å². The Labute approximate surface area is 126 Å². The molecule has 0 aromatic heterocycles. The summed E-state index contributed by atoms with van der Waals surface area (Å²) in [5, 5.41) is 3.84. The van der Waals surface area contributed by atoms with Gasteiger partial charge in [-0.25, -0.2) is 4.79 Å². The van der Waals surface area contributed by atoms with Gasteiger partial charge in [0.15, 0.2) is 0 Å². The largest absolute Gasteiger partial charge is 0.467 e. The standard InChI is InChI=1S/C13H13ClN4O3/c1-21-13(20)11-3-2-6-18(11)12(19)9-7-8(14)4-5-10(9)16-17-15/h4-5,7,11H,2-3,6H2,1H3/t11-/m0/s1. The van der Waals surface area contributed by atoms with Gasteiger partial charge in [-0.1, -0.05) is 22.8 Å². The lowest BCUT2D eigenvalue weighted by Gasteiger charge is -2.23. The highest BCUT2D eigenvalue weighted by atomic mass is 35.5. The first-order chi connectivity index (χ1) is 10.1. The van der Waals surface area contributed by atoms with E-state index in [1.54, 1.807) is 0 Å². The van der Waals surface area contributed by atoms with E-state index in [9.17, 15) is 9.59 Å². The first-order valence-corrected chi connectivity index (χ1v) is 6.69. The number of methoxy groups -OCH3 is 1. The van der Waals surface area contributed by atoms with E-state index in [-0.39, 0.29) is 11.3 Å². The number of halogens is 1. The minimum atomic E-state index is -0.611. The zero-order chi connectivity index (χ0) is 15.4. The number of esters is 1. The van der Waals surface area contributed by atoms with Crippen molar-refractivity contribution in [3.05, 3.63) is 39.2 Å². The lowest BCUT2D eigenvalue weighted by Crippen LogP contribution is -2.41. The summed E-state index contributed by atoms with van der Waals surface area (Å²) in [5.74, 6) is -0.846. The molecule has 1 aliphatic heterocycles. The lowest BCUT2D eigenvalue weighted by atomic mass is 10.1. The van der Waals surface area contributed by atoms with Crippen LogP contribution in [0.15, 0.2) is 23.3 Å². The van der Waals surface area contributed by atoms with Gasteiger partial charge in [0.1, 0.15) is 6.04 Å². The van der Waals surface area contributed by atoms with Crippen LogP contribution in [0.4, 0.5) is 5.69 Å². The Kier molecular flexibility index (Phi) is 4.67. The molecule has 0 saturated carbocycles. The number of hydrogen-bond acceptors (Lipinski definition) is 4. The third-order valence-electron chi connectivity index (χ3n) is 3.33. The zero-order valence-corrected chi connectivity index (χ0v) is 12.1. The molecule has 1 aromatic rings. The second-order valence-electron chi connectivity index (χ2n) is 4.53. The van der Waals surface area contributed by atoms with Crippen LogP contribution in [0.3, 0.4) is 0 Å². The highest BCUT2D eigenvalue weighted by Gasteiger charge is 2.35. The van der Waals surface area contributed by atoms with Crippen molar-refractivity contribution in [3.8, 4) is 0 Å². The van der Waals surface area contributed by atoms with Gasteiger partial charge in [-0.15, -0.1) is 0 Å². The van der Waals surface area contributed by atoms with Crippen LogP contribution in [0.5, 0.6) is 0 Å². The molecule has 7 nitrogen and oxygen atoms in total. The van der Waals surface area contributed by atoms with Gasteiger partial charge >= 0.3 is 5.97 Å². The van der Waals surface area contributed by atoms with Crippen LogP contribution in [-0.4, -0.2) is 36.5 Å². The summed E-state index contributed by atoms with van der Waals surface area (Å²) in [4.78, 5) is 28.4. The van der Waals surface area contributed by atoms with Gasteiger partial charge in [0.2, 0.25) is 0 Å². The van der Waals surface area contributed by atoms with Crippen molar-refractivity contribution in [2.75, 3.05) is 13.7 Å². The fourth-order valence-electron chi connectivity index (χ4n) is 2.36. The summed E-state index contributed by atoms with van der Waals surface area (Å²) in [7, 11) is 1.29. The highest BCUT2D eigenvalue weighted by Crippen LogP contribution is 2.28. The number of likely N-dealkylation sites (tertiary alicyclic amines) is 1. The minimum Gasteiger partial charge on any atom is -0.467 e. The molecule has 1 heterocycles. The number of azide groups is 1. The SMILES string of the molecule is COC(=O)[C@@H]1CCCN1C(=O)c1cc(Cl)ccc1N=[N+]=[N-]. The number of hydrogen-bond donors (Lipinski definition) is 0. The summed E-state index contributed by atoms with van der Waals surface area (Å²) < 4.78 is 4.71. The Balaban J connectivity index is 2.37. The normalized spacial score (nSPS) is 17.2. The van der Waals surface area contributed by atoms with Crippen LogP contribution in [0, 0.1) is 0 Å². The maximum absolute atomic E-state index is 12.6. The summed E-state index contributed by atoms with van der Waals surface area (Å²) in [5.41, 5.74) is 8.92. The van der Waals surface area contributed by atoms with Crippen molar-refractivity contribution >= 4 is 29.2 Å². The third kappa shape index (κ3) is 3.09. The second kappa shape index (κ2) is 6.47. The quantitative estimate of drug-likeness (QED) is 0.371. The van der Waals surface area contributed by atoms with Crippen molar-refractivity contribution in [3.63, 3.8) is 0 Å². The number of carbonyl (C=O) groups excluding carboxylic acids is 2. The van der Waals surface area contributed by atoms with E-state index in [2.05, 4.69) is 10.0 Å². The number of nitrogens with zero attached hydrogens (tertiary/aromatic N) is 4. The summed E-state index contributed by atoms with van der Waals surface area (Å²) in [6.07, 6.45) is 1.26. The molecule has 1 fully saturated rings. The maximum Gasteiger partial charge on any atom is 0.328 e. The van der Waals surface area contributed by atoms with Gasteiger partial charge in [-0.3, -0.25) is 4.79 Å². The van der Waals surface area contributed by atoms with E-state index in [1.165, 1.54) is 30.2 Å². The highest BCUT2D eigenvalue weighted by molar-refractivity contribution is 6.31. The summed E-state index contributed by atoms with van der Waals surface area (Å²) in [6.45, 7) is 0.445. The van der Waals surface area contributed by atoms with E-state index in [1.807, 2.05) is 0 Å². The first kappa shape index (κ1) is 15.2. The van der Waals surface area contributed by atoms with Crippen LogP contribution < -0.4 is 0 Å². The third-order valence-corrected chi connectivity index (χ3v) is 3.56. The second-order valence-corrected chi connectivity index (χ2v) is 4.97. The molecule has 0 bridgehead atoms. The average molecular weight is 309 g/mol. The Morgan fingerprint density at radius 3 is 2.95 bits per heavy atom. The van der Waals surface area contributed by atoms with Crippen LogP contribution in [0.1, 0.15) is 23.2 Å². The van der Waals surface area contributed by atoms with Crippen LogP contribution >= 0.6 is 11.6 Å². The molecule has 21 heavy (non-hydrogen) atoms. The molecule has 110 valence electrons.